The molecule has 0 bridgehead atoms. The molecule has 0 saturated carbocycles. The quantitative estimate of drug-likeness (QED) is 0.780. The molecule has 0 aliphatic carbocycles. The highest BCUT2D eigenvalue weighted by molar-refractivity contribution is 5.84. The van der Waals surface area contributed by atoms with E-state index in [-0.39, 0.29) is 0 Å². The van der Waals surface area contributed by atoms with E-state index >= 15 is 0 Å². The summed E-state index contributed by atoms with van der Waals surface area (Å²) in [7, 11) is 0. The molecule has 4 nitrogen and oxygen atoms in total. The Kier molecular flexibility index (Phi) is 4.40. The molecule has 0 aliphatic rings. The average molecular weight is 260 g/mol. The van der Waals surface area contributed by atoms with Gasteiger partial charge in [-0.3, -0.25) is 5.10 Å². The van der Waals surface area contributed by atoms with Crippen LogP contribution < -0.4 is 5.73 Å². The Morgan fingerprint density at radius 3 is 2.84 bits per heavy atom. The number of aromatic amines is 1. The Labute approximate surface area is 114 Å². The van der Waals surface area contributed by atoms with E-state index in [0.717, 1.165) is 34.6 Å². The molecule has 0 fully saturated rings. The third kappa shape index (κ3) is 2.88. The molecule has 4 heteroatoms. The highest BCUT2D eigenvalue weighted by atomic mass is 15.3. The molecule has 1 unspecified atom stereocenters. The van der Waals surface area contributed by atoms with Crippen molar-refractivity contribution < 1.29 is 0 Å². The van der Waals surface area contributed by atoms with Crippen molar-refractivity contribution in [3.8, 4) is 0 Å². The first-order valence-electron chi connectivity index (χ1n) is 7.26. The van der Waals surface area contributed by atoms with Crippen LogP contribution in [0.1, 0.15) is 50.7 Å². The van der Waals surface area contributed by atoms with E-state index in [1.165, 1.54) is 31.2 Å². The minimum Gasteiger partial charge on any atom is -0.398 e. The number of nitrogen functional groups attached to an aromatic ring is 1. The number of H-pyrrole nitrogens is 1. The fourth-order valence-electron chi connectivity index (χ4n) is 2.66. The zero-order valence-electron chi connectivity index (χ0n) is 12.2. The second kappa shape index (κ2) is 6.04. The number of unbranched alkanes of at least 4 members (excludes halogenated alkanes) is 1. The second-order valence-corrected chi connectivity index (χ2v) is 5.40. The van der Waals surface area contributed by atoms with Gasteiger partial charge in [-0.1, -0.05) is 44.7 Å². The predicted molar refractivity (Wildman–Crippen MR) is 80.0 cm³/mol. The first-order valence-corrected chi connectivity index (χ1v) is 7.26. The third-order valence-electron chi connectivity index (χ3n) is 4.05. The second-order valence-electron chi connectivity index (χ2n) is 5.40. The van der Waals surface area contributed by atoms with Crippen molar-refractivity contribution in [2.24, 2.45) is 5.92 Å². The average Bonchev–Trinajstić information content (AvgIpc) is 2.88. The Morgan fingerprint density at radius 2 is 2.16 bits per heavy atom. The van der Waals surface area contributed by atoms with Gasteiger partial charge in [0.15, 0.2) is 0 Å². The van der Waals surface area contributed by atoms with Crippen LogP contribution in [-0.4, -0.2) is 15.4 Å². The highest BCUT2D eigenvalue weighted by Gasteiger charge is 2.14. The Bertz CT molecular complexity index is 544. The summed E-state index contributed by atoms with van der Waals surface area (Å²) in [5, 5.41) is 10.9. The molecule has 0 spiro atoms. The number of aromatic nitrogens is 3. The highest BCUT2D eigenvalue weighted by Crippen LogP contribution is 2.28. The molecule has 19 heavy (non-hydrogen) atoms. The number of rotatable bonds is 6. The molecular weight excluding hydrogens is 236 g/mol. The molecule has 0 saturated heterocycles. The molecule has 104 valence electrons. The van der Waals surface area contributed by atoms with Crippen molar-refractivity contribution in [1.29, 1.82) is 0 Å². The number of fused-ring (bicyclic) bond motifs is 1. The van der Waals surface area contributed by atoms with E-state index in [9.17, 15) is 0 Å². The van der Waals surface area contributed by atoms with Gasteiger partial charge in [0.2, 0.25) is 0 Å². The number of nitrogens with one attached hydrogen (secondary N) is 1. The molecule has 2 rings (SSSR count). The van der Waals surface area contributed by atoms with Crippen LogP contribution in [0.2, 0.25) is 0 Å². The van der Waals surface area contributed by atoms with Gasteiger partial charge in [-0.15, -0.1) is 5.10 Å². The number of aryl methyl sites for hydroxylation is 1. The largest absolute Gasteiger partial charge is 0.398 e. The lowest BCUT2D eigenvalue weighted by atomic mass is 9.90. The van der Waals surface area contributed by atoms with E-state index in [2.05, 4.69) is 35.3 Å². The molecule has 1 heterocycles. The Hall–Kier alpha value is -1.58. The molecule has 0 amide bonds. The van der Waals surface area contributed by atoms with Gasteiger partial charge in [0, 0.05) is 11.3 Å². The standard InChI is InChI=1S/C15H24N4/c1-4-6-7-11(5-2)8-12-9-13-15(18-19-17-13)10(3)14(12)16/h9,11H,4-8,16H2,1-3H3,(H,17,18,19). The molecule has 1 atom stereocenters. The SMILES string of the molecule is CCCCC(CC)Cc1cc2[nH]nnc2c(C)c1N. The van der Waals surface area contributed by atoms with E-state index in [0.29, 0.717) is 0 Å². The Morgan fingerprint density at radius 1 is 1.37 bits per heavy atom. The van der Waals surface area contributed by atoms with E-state index < -0.39 is 0 Å². The van der Waals surface area contributed by atoms with Crippen LogP contribution in [0.3, 0.4) is 0 Å². The number of anilines is 1. The lowest BCUT2D eigenvalue weighted by Crippen LogP contribution is -2.07. The lowest BCUT2D eigenvalue weighted by Gasteiger charge is -2.17. The summed E-state index contributed by atoms with van der Waals surface area (Å²) < 4.78 is 0. The van der Waals surface area contributed by atoms with Gasteiger partial charge in [0.05, 0.1) is 5.52 Å². The van der Waals surface area contributed by atoms with Crippen molar-refractivity contribution in [2.75, 3.05) is 5.73 Å². The van der Waals surface area contributed by atoms with E-state index in [1.54, 1.807) is 0 Å². The van der Waals surface area contributed by atoms with Crippen LogP contribution in [0.25, 0.3) is 11.0 Å². The maximum absolute atomic E-state index is 6.26. The predicted octanol–water partition coefficient (Wildman–Crippen LogP) is 3.61. The van der Waals surface area contributed by atoms with Gasteiger partial charge < -0.3 is 5.73 Å². The van der Waals surface area contributed by atoms with Crippen molar-refractivity contribution in [2.45, 2.75) is 52.9 Å². The topological polar surface area (TPSA) is 67.6 Å². The monoisotopic (exact) mass is 260 g/mol. The first-order chi connectivity index (χ1) is 9.17. The summed E-state index contributed by atoms with van der Waals surface area (Å²) in [5.74, 6) is 0.718. The summed E-state index contributed by atoms with van der Waals surface area (Å²) in [5.41, 5.74) is 11.3. The van der Waals surface area contributed by atoms with Crippen LogP contribution in [-0.2, 0) is 6.42 Å². The van der Waals surface area contributed by atoms with Gasteiger partial charge in [-0.2, -0.15) is 0 Å². The third-order valence-corrected chi connectivity index (χ3v) is 4.05. The van der Waals surface area contributed by atoms with Crippen molar-refractivity contribution in [3.05, 3.63) is 17.2 Å². The summed E-state index contributed by atoms with van der Waals surface area (Å²) in [4.78, 5) is 0. The fraction of sp³-hybridized carbons (Fsp3) is 0.600. The number of nitrogens with zero attached hydrogens (tertiary/aromatic N) is 2. The summed E-state index contributed by atoms with van der Waals surface area (Å²) >= 11 is 0. The van der Waals surface area contributed by atoms with Crippen LogP contribution in [0, 0.1) is 12.8 Å². The van der Waals surface area contributed by atoms with Crippen LogP contribution in [0.15, 0.2) is 6.07 Å². The lowest BCUT2D eigenvalue weighted by molar-refractivity contribution is 0.450. The van der Waals surface area contributed by atoms with E-state index in [1.807, 2.05) is 6.92 Å². The first kappa shape index (κ1) is 13.8. The van der Waals surface area contributed by atoms with Gasteiger partial charge >= 0.3 is 0 Å². The number of hydrogen-bond acceptors (Lipinski definition) is 3. The summed E-state index contributed by atoms with van der Waals surface area (Å²) in [6, 6.07) is 2.12. The molecule has 0 radical (unpaired) electrons. The van der Waals surface area contributed by atoms with E-state index in [4.69, 9.17) is 5.73 Å². The number of benzene rings is 1. The maximum Gasteiger partial charge on any atom is 0.117 e. The van der Waals surface area contributed by atoms with Crippen LogP contribution in [0.5, 0.6) is 0 Å². The van der Waals surface area contributed by atoms with Crippen LogP contribution >= 0.6 is 0 Å². The molecule has 1 aromatic carbocycles. The molecular formula is C15H24N4. The normalized spacial score (nSPS) is 13.0. The molecule has 2 aromatic rings. The van der Waals surface area contributed by atoms with Gasteiger partial charge in [0.1, 0.15) is 5.52 Å². The van der Waals surface area contributed by atoms with Gasteiger partial charge in [0.25, 0.3) is 0 Å². The number of hydrogen-bond donors (Lipinski definition) is 2. The molecule has 0 aliphatic heterocycles. The zero-order valence-corrected chi connectivity index (χ0v) is 12.2. The minimum atomic E-state index is 0.718. The smallest absolute Gasteiger partial charge is 0.117 e. The molecule has 3 N–H and O–H groups in total. The Balaban J connectivity index is 2.26. The van der Waals surface area contributed by atoms with Crippen molar-refractivity contribution in [3.63, 3.8) is 0 Å². The summed E-state index contributed by atoms with van der Waals surface area (Å²) in [6.07, 6.45) is 6.10. The minimum absolute atomic E-state index is 0.718. The van der Waals surface area contributed by atoms with Gasteiger partial charge in [-0.05, 0) is 30.9 Å². The van der Waals surface area contributed by atoms with Crippen molar-refractivity contribution >= 4 is 16.7 Å². The van der Waals surface area contributed by atoms with Crippen LogP contribution in [0.4, 0.5) is 5.69 Å². The number of nitrogens with two attached hydrogens (primary N) is 1. The zero-order chi connectivity index (χ0) is 13.8. The summed E-state index contributed by atoms with van der Waals surface area (Å²) in [6.45, 7) is 6.53. The fourth-order valence-corrected chi connectivity index (χ4v) is 2.66. The maximum atomic E-state index is 6.26. The van der Waals surface area contributed by atoms with Crippen molar-refractivity contribution in [1.82, 2.24) is 15.4 Å². The van der Waals surface area contributed by atoms with Gasteiger partial charge in [-0.25, -0.2) is 0 Å². The molecule has 1 aromatic heterocycles.